The summed E-state index contributed by atoms with van der Waals surface area (Å²) in [6, 6.07) is 25.7. The fourth-order valence-corrected chi connectivity index (χ4v) is 5.83. The molecule has 254 valence electrons. The third-order valence-corrected chi connectivity index (χ3v) is 8.70. The van der Waals surface area contributed by atoms with Crippen molar-refractivity contribution >= 4 is 5.78 Å². The van der Waals surface area contributed by atoms with Gasteiger partial charge in [0.15, 0.2) is 5.78 Å². The van der Waals surface area contributed by atoms with Gasteiger partial charge in [0.05, 0.1) is 59.0 Å². The summed E-state index contributed by atoms with van der Waals surface area (Å²) in [7, 11) is 4.84. The molecule has 0 radical (unpaired) electrons. The Bertz CT molecular complexity index is 1390. The normalized spacial score (nSPS) is 19.9. The molecule has 8 heteroatoms. The minimum Gasteiger partial charge on any atom is -0.497 e. The first-order valence-corrected chi connectivity index (χ1v) is 16.2. The van der Waals surface area contributed by atoms with Crippen molar-refractivity contribution in [2.45, 2.75) is 84.0 Å². The quantitative estimate of drug-likeness (QED) is 0.104. The van der Waals surface area contributed by atoms with Crippen molar-refractivity contribution in [3.05, 3.63) is 108 Å². The number of ether oxygens (including phenoxy) is 7. The lowest BCUT2D eigenvalue weighted by atomic mass is 9.77. The lowest BCUT2D eigenvalue weighted by Gasteiger charge is -2.47. The highest BCUT2D eigenvalue weighted by atomic mass is 16.7. The van der Waals surface area contributed by atoms with Crippen LogP contribution in [0, 0.1) is 5.41 Å². The van der Waals surface area contributed by atoms with Gasteiger partial charge in [0.25, 0.3) is 0 Å². The van der Waals surface area contributed by atoms with Crippen molar-refractivity contribution in [2.24, 2.45) is 5.41 Å². The molecule has 1 saturated heterocycles. The van der Waals surface area contributed by atoms with Crippen LogP contribution in [0.2, 0.25) is 0 Å². The molecule has 1 fully saturated rings. The largest absolute Gasteiger partial charge is 0.497 e. The van der Waals surface area contributed by atoms with Crippen LogP contribution in [0.3, 0.4) is 0 Å². The third-order valence-electron chi connectivity index (χ3n) is 8.70. The summed E-state index contributed by atoms with van der Waals surface area (Å²) in [6.07, 6.45) is 4.52. The molecule has 4 rings (SSSR count). The second-order valence-electron chi connectivity index (χ2n) is 12.4. The number of methoxy groups -OCH3 is 3. The van der Waals surface area contributed by atoms with Crippen LogP contribution in [0.15, 0.2) is 91.0 Å². The van der Waals surface area contributed by atoms with E-state index >= 15 is 0 Å². The second kappa shape index (κ2) is 17.6. The van der Waals surface area contributed by atoms with Crippen molar-refractivity contribution in [1.82, 2.24) is 0 Å². The summed E-state index contributed by atoms with van der Waals surface area (Å²) < 4.78 is 41.8. The zero-order valence-electron chi connectivity index (χ0n) is 28.6. The molecule has 8 nitrogen and oxygen atoms in total. The van der Waals surface area contributed by atoms with Crippen molar-refractivity contribution < 1.29 is 38.0 Å². The molecule has 0 unspecified atom stereocenters. The minimum atomic E-state index is -1.45. The maximum Gasteiger partial charge on any atom is 0.237 e. The smallest absolute Gasteiger partial charge is 0.237 e. The van der Waals surface area contributed by atoms with Crippen molar-refractivity contribution in [2.75, 3.05) is 27.9 Å². The van der Waals surface area contributed by atoms with Crippen LogP contribution in [0.4, 0.5) is 0 Å². The maximum atomic E-state index is 13.5. The predicted molar refractivity (Wildman–Crippen MR) is 181 cm³/mol. The van der Waals surface area contributed by atoms with Crippen LogP contribution < -0.4 is 9.47 Å². The van der Waals surface area contributed by atoms with Crippen LogP contribution in [-0.4, -0.2) is 57.8 Å². The van der Waals surface area contributed by atoms with E-state index in [1.54, 1.807) is 21.3 Å². The molecule has 1 aliphatic rings. The molecule has 0 aliphatic carbocycles. The van der Waals surface area contributed by atoms with E-state index in [9.17, 15) is 4.79 Å². The van der Waals surface area contributed by atoms with Gasteiger partial charge in [-0.25, -0.2) is 0 Å². The zero-order valence-corrected chi connectivity index (χ0v) is 28.6. The molecule has 1 heterocycles. The summed E-state index contributed by atoms with van der Waals surface area (Å²) in [5.74, 6) is 0.0764. The van der Waals surface area contributed by atoms with E-state index < -0.39 is 11.2 Å². The zero-order chi connectivity index (χ0) is 33.7. The first kappa shape index (κ1) is 36.3. The molecular formula is C39H50O8. The summed E-state index contributed by atoms with van der Waals surface area (Å²) in [5, 5.41) is 0. The van der Waals surface area contributed by atoms with Gasteiger partial charge in [0.2, 0.25) is 5.79 Å². The van der Waals surface area contributed by atoms with Gasteiger partial charge < -0.3 is 33.2 Å². The third kappa shape index (κ3) is 9.98. The molecule has 4 atom stereocenters. The number of hydrogen-bond donors (Lipinski definition) is 0. The van der Waals surface area contributed by atoms with Crippen LogP contribution in [0.25, 0.3) is 0 Å². The molecular weight excluding hydrogens is 596 g/mol. The minimum absolute atomic E-state index is 0.0749. The maximum absolute atomic E-state index is 13.5. The first-order valence-electron chi connectivity index (χ1n) is 16.2. The van der Waals surface area contributed by atoms with Gasteiger partial charge in [-0.3, -0.25) is 4.79 Å². The van der Waals surface area contributed by atoms with Gasteiger partial charge in [0, 0.05) is 25.4 Å². The Kier molecular flexibility index (Phi) is 13.6. The van der Waals surface area contributed by atoms with E-state index in [1.165, 1.54) is 0 Å². The highest BCUT2D eigenvalue weighted by Gasteiger charge is 2.55. The Labute approximate surface area is 279 Å². The number of Topliss-reactive ketones (excluding diaryl/α,β-unsaturated/α-hetero) is 1. The Balaban J connectivity index is 1.42. The van der Waals surface area contributed by atoms with Crippen LogP contribution >= 0.6 is 0 Å². The first-order chi connectivity index (χ1) is 22.7. The number of carbonyl (C=O) groups excluding carboxylic acids is 1. The Morgan fingerprint density at radius 1 is 0.830 bits per heavy atom. The number of rotatable bonds is 18. The van der Waals surface area contributed by atoms with Gasteiger partial charge in [0.1, 0.15) is 11.5 Å². The molecule has 0 N–H and O–H groups in total. The van der Waals surface area contributed by atoms with Gasteiger partial charge >= 0.3 is 0 Å². The van der Waals surface area contributed by atoms with Gasteiger partial charge in [-0.1, -0.05) is 80.6 Å². The summed E-state index contributed by atoms with van der Waals surface area (Å²) in [4.78, 5) is 13.5. The standard InChI is InChI=1S/C39H50O8/c1-29(45-27-30-11-8-7-9-12-30)36(46-28-32-15-19-34(42-5)20-16-32)25-35-21-22-37(40)39(43-6,47-35)38(2,3)23-10-24-44-26-31-13-17-33(41-4)18-14-31/h7-20,23,29,35-36H,21-22,24-28H2,1-6H3/b23-10+/t29-,35-,36-,39+/m0/s1. The molecule has 0 aromatic heterocycles. The number of benzene rings is 3. The summed E-state index contributed by atoms with van der Waals surface area (Å²) in [5.41, 5.74) is 2.40. The van der Waals surface area contributed by atoms with E-state index in [4.69, 9.17) is 33.2 Å². The van der Waals surface area contributed by atoms with Crippen molar-refractivity contribution in [1.29, 1.82) is 0 Å². The summed E-state index contributed by atoms with van der Waals surface area (Å²) in [6.45, 7) is 7.65. The van der Waals surface area contributed by atoms with Crippen LogP contribution in [0.1, 0.15) is 56.7 Å². The van der Waals surface area contributed by atoms with Crippen LogP contribution in [0.5, 0.6) is 11.5 Å². The second-order valence-corrected chi connectivity index (χ2v) is 12.4. The Hall–Kier alpha value is -3.53. The Morgan fingerprint density at radius 2 is 1.40 bits per heavy atom. The molecule has 0 spiro atoms. The highest BCUT2D eigenvalue weighted by molar-refractivity contribution is 5.87. The number of carbonyl (C=O) groups is 1. The average molecular weight is 647 g/mol. The van der Waals surface area contributed by atoms with E-state index in [2.05, 4.69) is 0 Å². The number of hydrogen-bond acceptors (Lipinski definition) is 8. The highest BCUT2D eigenvalue weighted by Crippen LogP contribution is 2.43. The van der Waals surface area contributed by atoms with Crippen LogP contribution in [-0.2, 0) is 48.3 Å². The lowest BCUT2D eigenvalue weighted by molar-refractivity contribution is -0.286. The molecule has 0 saturated carbocycles. The predicted octanol–water partition coefficient (Wildman–Crippen LogP) is 7.47. The van der Waals surface area contributed by atoms with Gasteiger partial charge in [-0.2, -0.15) is 0 Å². The van der Waals surface area contributed by atoms with Gasteiger partial charge in [-0.05, 0) is 54.3 Å². The molecule has 1 aliphatic heterocycles. The van der Waals surface area contributed by atoms with Crippen molar-refractivity contribution in [3.8, 4) is 11.5 Å². The number of ketones is 1. The Morgan fingerprint density at radius 3 is 2.00 bits per heavy atom. The van der Waals surface area contributed by atoms with E-state index in [0.717, 1.165) is 28.2 Å². The molecule has 0 amide bonds. The van der Waals surface area contributed by atoms with Gasteiger partial charge in [-0.15, -0.1) is 0 Å². The molecule has 3 aromatic rings. The topological polar surface area (TPSA) is 81.7 Å². The average Bonchev–Trinajstić information content (AvgIpc) is 3.10. The molecule has 0 bridgehead atoms. The lowest BCUT2D eigenvalue weighted by Crippen LogP contribution is -2.59. The SMILES string of the molecule is COc1ccc(COC/C=C/C(C)(C)[C@]2(OC)O[C@H](C[C@H](OCc3ccc(OC)cc3)[C@H](C)OCc3ccccc3)CCC2=O)cc1. The molecule has 47 heavy (non-hydrogen) atoms. The van der Waals surface area contributed by atoms with E-state index in [0.29, 0.717) is 45.7 Å². The van der Waals surface area contributed by atoms with Crippen molar-refractivity contribution in [3.63, 3.8) is 0 Å². The molecule has 3 aromatic carbocycles. The fourth-order valence-electron chi connectivity index (χ4n) is 5.83. The van der Waals surface area contributed by atoms with E-state index in [1.807, 2.05) is 112 Å². The summed E-state index contributed by atoms with van der Waals surface area (Å²) >= 11 is 0. The monoisotopic (exact) mass is 646 g/mol. The fraction of sp³-hybridized carbons (Fsp3) is 0.462. The van der Waals surface area contributed by atoms with E-state index in [-0.39, 0.29) is 24.1 Å².